The molecule has 0 aromatic carbocycles. The van der Waals surface area contributed by atoms with Crippen molar-refractivity contribution in [2.45, 2.75) is 72.4 Å². The van der Waals surface area contributed by atoms with Gasteiger partial charge in [-0.1, -0.05) is 25.4 Å². The Morgan fingerprint density at radius 3 is 2.31 bits per heavy atom. The average molecular weight is 382 g/mol. The summed E-state index contributed by atoms with van der Waals surface area (Å²) in [4.78, 5) is 19.0. The van der Waals surface area contributed by atoms with E-state index in [1.165, 1.54) is 0 Å². The number of anilines is 1. The zero-order valence-corrected chi connectivity index (χ0v) is 17.8. The quantitative estimate of drug-likeness (QED) is 0.738. The van der Waals surface area contributed by atoms with Gasteiger partial charge in [0.25, 0.3) is 0 Å². The van der Waals surface area contributed by atoms with Crippen molar-refractivity contribution in [2.75, 3.05) is 18.0 Å². The summed E-state index contributed by atoms with van der Waals surface area (Å²) < 4.78 is 5.39. The SMILES string of the molecule is CC1(C)CCN(c2cc(C(C)(C)NC(=O)OC(C)(C)C)cc(Cl)n2)CC1. The van der Waals surface area contributed by atoms with Gasteiger partial charge in [-0.3, -0.25) is 0 Å². The predicted octanol–water partition coefficient (Wildman–Crippen LogP) is 5.12. The van der Waals surface area contributed by atoms with Gasteiger partial charge in [-0.2, -0.15) is 0 Å². The van der Waals surface area contributed by atoms with Gasteiger partial charge < -0.3 is 15.0 Å². The third-order valence-electron chi connectivity index (χ3n) is 4.76. The Morgan fingerprint density at radius 2 is 1.77 bits per heavy atom. The summed E-state index contributed by atoms with van der Waals surface area (Å²) in [7, 11) is 0. The minimum Gasteiger partial charge on any atom is -0.444 e. The standard InChI is InChI=1S/C20H32ClN3O2/c1-18(2,3)26-17(25)23-20(6,7)14-12-15(21)22-16(13-14)24-10-8-19(4,5)9-11-24/h12-13H,8-11H2,1-7H3,(H,23,25). The number of amides is 1. The first-order valence-corrected chi connectivity index (χ1v) is 9.59. The van der Waals surface area contributed by atoms with Crippen LogP contribution in [0.15, 0.2) is 12.1 Å². The third kappa shape index (κ3) is 5.76. The van der Waals surface area contributed by atoms with Crippen LogP contribution in [-0.4, -0.2) is 29.8 Å². The van der Waals surface area contributed by atoms with Gasteiger partial charge in [-0.15, -0.1) is 0 Å². The Kier molecular flexibility index (Phi) is 5.81. The number of piperidine rings is 1. The van der Waals surface area contributed by atoms with Gasteiger partial charge in [0.1, 0.15) is 16.6 Å². The van der Waals surface area contributed by atoms with Crippen LogP contribution in [-0.2, 0) is 10.3 Å². The molecule has 1 N–H and O–H groups in total. The van der Waals surface area contributed by atoms with E-state index in [9.17, 15) is 4.79 Å². The number of carbonyl (C=O) groups is 1. The molecule has 0 saturated carbocycles. The summed E-state index contributed by atoms with van der Waals surface area (Å²) in [5.41, 5.74) is 0.110. The first kappa shape index (κ1) is 20.8. The summed E-state index contributed by atoms with van der Waals surface area (Å²) >= 11 is 6.29. The Hall–Kier alpha value is -1.49. The van der Waals surface area contributed by atoms with Crippen molar-refractivity contribution in [3.63, 3.8) is 0 Å². The lowest BCUT2D eigenvalue weighted by atomic mass is 9.82. The average Bonchev–Trinajstić information content (AvgIpc) is 2.43. The maximum Gasteiger partial charge on any atom is 0.408 e. The number of hydrogen-bond donors (Lipinski definition) is 1. The minimum absolute atomic E-state index is 0.370. The number of aromatic nitrogens is 1. The fourth-order valence-corrected chi connectivity index (χ4v) is 3.18. The van der Waals surface area contributed by atoms with Gasteiger partial charge in [-0.05, 0) is 70.6 Å². The molecule has 5 nitrogen and oxygen atoms in total. The van der Waals surface area contributed by atoms with E-state index in [-0.39, 0.29) is 0 Å². The lowest BCUT2D eigenvalue weighted by molar-refractivity contribution is 0.0470. The fraction of sp³-hybridized carbons (Fsp3) is 0.700. The molecule has 146 valence electrons. The van der Waals surface area contributed by atoms with Crippen LogP contribution in [0, 0.1) is 5.41 Å². The summed E-state index contributed by atoms with van der Waals surface area (Å²) in [6.07, 6.45) is 1.79. The number of rotatable bonds is 3. The predicted molar refractivity (Wildman–Crippen MR) is 107 cm³/mol. The Bertz CT molecular complexity index is 656. The summed E-state index contributed by atoms with van der Waals surface area (Å²) in [5.74, 6) is 0.863. The van der Waals surface area contributed by atoms with E-state index in [2.05, 4.69) is 29.0 Å². The topological polar surface area (TPSA) is 54.5 Å². The number of halogens is 1. The number of ether oxygens (including phenoxy) is 1. The molecule has 1 aromatic heterocycles. The molecule has 6 heteroatoms. The van der Waals surface area contributed by atoms with Crippen molar-refractivity contribution < 1.29 is 9.53 Å². The van der Waals surface area contributed by atoms with E-state index in [0.29, 0.717) is 10.6 Å². The molecular formula is C20H32ClN3O2. The second-order valence-electron chi connectivity index (χ2n) is 9.44. The van der Waals surface area contributed by atoms with Crippen LogP contribution in [0.4, 0.5) is 10.6 Å². The number of nitrogens with one attached hydrogen (secondary N) is 1. The van der Waals surface area contributed by atoms with Crippen LogP contribution in [0.3, 0.4) is 0 Å². The number of alkyl carbamates (subject to hydrolysis) is 1. The van der Waals surface area contributed by atoms with Crippen LogP contribution in [0.25, 0.3) is 0 Å². The molecule has 1 saturated heterocycles. The van der Waals surface area contributed by atoms with Crippen molar-refractivity contribution in [3.8, 4) is 0 Å². The summed E-state index contributed by atoms with van der Waals surface area (Å²) in [6, 6.07) is 3.82. The molecule has 0 bridgehead atoms. The van der Waals surface area contributed by atoms with Crippen LogP contribution < -0.4 is 10.2 Å². The highest BCUT2D eigenvalue weighted by atomic mass is 35.5. The van der Waals surface area contributed by atoms with Gasteiger partial charge in [0.15, 0.2) is 0 Å². The second kappa shape index (κ2) is 7.26. The van der Waals surface area contributed by atoms with Gasteiger partial charge in [0.2, 0.25) is 0 Å². The smallest absolute Gasteiger partial charge is 0.408 e. The molecule has 2 rings (SSSR count). The normalized spacial score (nSPS) is 17.8. The highest BCUT2D eigenvalue weighted by Crippen LogP contribution is 2.33. The molecule has 0 atom stereocenters. The monoisotopic (exact) mass is 381 g/mol. The molecule has 1 fully saturated rings. The van der Waals surface area contributed by atoms with Crippen LogP contribution in [0.2, 0.25) is 5.15 Å². The number of nitrogens with zero attached hydrogens (tertiary/aromatic N) is 2. The van der Waals surface area contributed by atoms with E-state index in [1.807, 2.05) is 40.7 Å². The Morgan fingerprint density at radius 1 is 1.19 bits per heavy atom. The van der Waals surface area contributed by atoms with Gasteiger partial charge in [0, 0.05) is 13.1 Å². The molecule has 1 aliphatic rings. The largest absolute Gasteiger partial charge is 0.444 e. The van der Waals surface area contributed by atoms with Crippen LogP contribution >= 0.6 is 11.6 Å². The van der Waals surface area contributed by atoms with Crippen LogP contribution in [0.5, 0.6) is 0 Å². The van der Waals surface area contributed by atoms with Gasteiger partial charge in [-0.25, -0.2) is 9.78 Å². The highest BCUT2D eigenvalue weighted by molar-refractivity contribution is 6.29. The molecule has 1 aliphatic heterocycles. The number of pyridine rings is 1. The maximum atomic E-state index is 12.2. The zero-order valence-electron chi connectivity index (χ0n) is 17.1. The van der Waals surface area contributed by atoms with E-state index in [0.717, 1.165) is 37.3 Å². The van der Waals surface area contributed by atoms with Crippen LogP contribution in [0.1, 0.15) is 66.9 Å². The molecule has 0 unspecified atom stereocenters. The molecule has 1 aromatic rings. The van der Waals surface area contributed by atoms with E-state index < -0.39 is 17.2 Å². The molecule has 1 amide bonds. The molecule has 0 aliphatic carbocycles. The van der Waals surface area contributed by atoms with Crippen molar-refractivity contribution in [2.24, 2.45) is 5.41 Å². The third-order valence-corrected chi connectivity index (χ3v) is 4.95. The Labute approximate surface area is 162 Å². The maximum absolute atomic E-state index is 12.2. The minimum atomic E-state index is -0.626. The summed E-state index contributed by atoms with van der Waals surface area (Å²) in [5, 5.41) is 3.37. The van der Waals surface area contributed by atoms with Crippen molar-refractivity contribution in [1.29, 1.82) is 0 Å². The van der Waals surface area contributed by atoms with E-state index in [1.54, 1.807) is 6.07 Å². The molecule has 0 spiro atoms. The zero-order chi connectivity index (χ0) is 19.8. The summed E-state index contributed by atoms with van der Waals surface area (Å²) in [6.45, 7) is 15.9. The lowest BCUT2D eigenvalue weighted by Crippen LogP contribution is -2.44. The molecule has 2 heterocycles. The molecule has 0 radical (unpaired) electrons. The Balaban J connectivity index is 2.19. The van der Waals surface area contributed by atoms with E-state index >= 15 is 0 Å². The molecule has 26 heavy (non-hydrogen) atoms. The van der Waals surface area contributed by atoms with Crippen molar-refractivity contribution in [3.05, 3.63) is 22.8 Å². The van der Waals surface area contributed by atoms with E-state index in [4.69, 9.17) is 16.3 Å². The van der Waals surface area contributed by atoms with Gasteiger partial charge in [0.05, 0.1) is 5.54 Å². The fourth-order valence-electron chi connectivity index (χ4n) is 2.98. The first-order chi connectivity index (χ1) is 11.8. The second-order valence-corrected chi connectivity index (χ2v) is 9.83. The van der Waals surface area contributed by atoms with Crippen molar-refractivity contribution >= 4 is 23.5 Å². The van der Waals surface area contributed by atoms with Gasteiger partial charge >= 0.3 is 6.09 Å². The highest BCUT2D eigenvalue weighted by Gasteiger charge is 2.30. The number of hydrogen-bond acceptors (Lipinski definition) is 4. The first-order valence-electron chi connectivity index (χ1n) is 9.22. The lowest BCUT2D eigenvalue weighted by Gasteiger charge is -2.38. The molecular weight excluding hydrogens is 350 g/mol. The van der Waals surface area contributed by atoms with Crippen molar-refractivity contribution in [1.82, 2.24) is 10.3 Å². The number of carbonyl (C=O) groups excluding carboxylic acids is 1.